The number of hydrogen-bond acceptors (Lipinski definition) is 4. The molecule has 0 aliphatic carbocycles. The third kappa shape index (κ3) is 1.90. The van der Waals surface area contributed by atoms with Gasteiger partial charge in [0.25, 0.3) is 6.01 Å². The summed E-state index contributed by atoms with van der Waals surface area (Å²) in [6, 6.07) is 0.619. The molecule has 0 bridgehead atoms. The molecule has 1 atom stereocenters. The number of hydrogen-bond donors (Lipinski definition) is 1. The SMILES string of the molecule is CNc1nc(C2CCCN(C)C2)co1. The van der Waals surface area contributed by atoms with E-state index in [9.17, 15) is 0 Å². The van der Waals surface area contributed by atoms with Crippen LogP contribution in [-0.2, 0) is 0 Å². The molecule has 2 rings (SSSR count). The number of piperidine rings is 1. The standard InChI is InChI=1S/C10H17N3O/c1-11-10-12-9(7-14-10)8-4-3-5-13(2)6-8/h7-8H,3-6H2,1-2H3,(H,11,12). The molecule has 1 saturated heterocycles. The van der Waals surface area contributed by atoms with Gasteiger partial charge in [-0.3, -0.25) is 0 Å². The van der Waals surface area contributed by atoms with Gasteiger partial charge in [0.15, 0.2) is 0 Å². The highest BCUT2D eigenvalue weighted by Gasteiger charge is 2.21. The van der Waals surface area contributed by atoms with E-state index < -0.39 is 0 Å². The van der Waals surface area contributed by atoms with Gasteiger partial charge in [0.1, 0.15) is 6.26 Å². The molecule has 0 saturated carbocycles. The van der Waals surface area contributed by atoms with Crippen LogP contribution >= 0.6 is 0 Å². The predicted octanol–water partition coefficient (Wildman–Crippen LogP) is 1.53. The number of nitrogens with zero attached hydrogens (tertiary/aromatic N) is 2. The average Bonchev–Trinajstić information content (AvgIpc) is 2.66. The zero-order valence-electron chi connectivity index (χ0n) is 8.79. The van der Waals surface area contributed by atoms with Crippen LogP contribution in [0.25, 0.3) is 0 Å². The summed E-state index contributed by atoms with van der Waals surface area (Å²) in [6.07, 6.45) is 4.25. The fourth-order valence-electron chi connectivity index (χ4n) is 2.00. The van der Waals surface area contributed by atoms with Gasteiger partial charge in [0, 0.05) is 19.5 Å². The van der Waals surface area contributed by atoms with Crippen molar-refractivity contribution in [2.75, 3.05) is 32.5 Å². The van der Waals surface area contributed by atoms with Crippen LogP contribution in [-0.4, -0.2) is 37.1 Å². The molecule has 0 spiro atoms. The lowest BCUT2D eigenvalue weighted by atomic mass is 9.96. The molecule has 1 aliphatic heterocycles. The average molecular weight is 195 g/mol. The second-order valence-corrected chi connectivity index (χ2v) is 3.93. The zero-order chi connectivity index (χ0) is 9.97. The molecule has 0 radical (unpaired) electrons. The molecule has 1 N–H and O–H groups in total. The van der Waals surface area contributed by atoms with Crippen LogP contribution in [0.15, 0.2) is 10.7 Å². The van der Waals surface area contributed by atoms with Gasteiger partial charge < -0.3 is 14.6 Å². The Balaban J connectivity index is 2.06. The number of aromatic nitrogens is 1. The Labute approximate surface area is 84.3 Å². The highest BCUT2D eigenvalue weighted by Crippen LogP contribution is 2.26. The summed E-state index contributed by atoms with van der Waals surface area (Å²) >= 11 is 0. The van der Waals surface area contributed by atoms with Crippen LogP contribution in [0, 0.1) is 0 Å². The summed E-state index contributed by atoms with van der Waals surface area (Å²) in [5.41, 5.74) is 1.08. The van der Waals surface area contributed by atoms with E-state index in [1.165, 1.54) is 19.4 Å². The molecule has 1 fully saturated rings. The van der Waals surface area contributed by atoms with E-state index in [1.54, 1.807) is 6.26 Å². The summed E-state index contributed by atoms with van der Waals surface area (Å²) in [4.78, 5) is 6.73. The molecular weight excluding hydrogens is 178 g/mol. The summed E-state index contributed by atoms with van der Waals surface area (Å²) < 4.78 is 5.26. The molecule has 14 heavy (non-hydrogen) atoms. The molecule has 1 unspecified atom stereocenters. The first-order valence-corrected chi connectivity index (χ1v) is 5.11. The van der Waals surface area contributed by atoms with Crippen LogP contribution < -0.4 is 5.32 Å². The van der Waals surface area contributed by atoms with Gasteiger partial charge in [-0.2, -0.15) is 4.98 Å². The van der Waals surface area contributed by atoms with E-state index >= 15 is 0 Å². The lowest BCUT2D eigenvalue weighted by molar-refractivity contribution is 0.248. The van der Waals surface area contributed by atoms with Crippen LogP contribution in [0.3, 0.4) is 0 Å². The predicted molar refractivity (Wildman–Crippen MR) is 55.5 cm³/mol. The second-order valence-electron chi connectivity index (χ2n) is 3.93. The monoisotopic (exact) mass is 195 g/mol. The highest BCUT2D eigenvalue weighted by molar-refractivity contribution is 5.21. The number of rotatable bonds is 2. The fourth-order valence-corrected chi connectivity index (χ4v) is 2.00. The maximum absolute atomic E-state index is 5.26. The van der Waals surface area contributed by atoms with Crippen LogP contribution in [0.4, 0.5) is 6.01 Å². The van der Waals surface area contributed by atoms with Crippen molar-refractivity contribution in [1.82, 2.24) is 9.88 Å². The normalized spacial score (nSPS) is 23.7. The minimum absolute atomic E-state index is 0.541. The maximum Gasteiger partial charge on any atom is 0.294 e. The zero-order valence-corrected chi connectivity index (χ0v) is 8.79. The third-order valence-electron chi connectivity index (χ3n) is 2.78. The van der Waals surface area contributed by atoms with Gasteiger partial charge >= 0.3 is 0 Å². The third-order valence-corrected chi connectivity index (χ3v) is 2.78. The number of nitrogens with one attached hydrogen (secondary N) is 1. The first kappa shape index (κ1) is 9.52. The van der Waals surface area contributed by atoms with Crippen molar-refractivity contribution in [3.63, 3.8) is 0 Å². The quantitative estimate of drug-likeness (QED) is 0.777. The van der Waals surface area contributed by atoms with Gasteiger partial charge in [-0.15, -0.1) is 0 Å². The van der Waals surface area contributed by atoms with Crippen LogP contribution in [0.5, 0.6) is 0 Å². The van der Waals surface area contributed by atoms with E-state index in [1.807, 2.05) is 7.05 Å². The van der Waals surface area contributed by atoms with E-state index in [2.05, 4.69) is 22.2 Å². The number of anilines is 1. The topological polar surface area (TPSA) is 41.3 Å². The minimum atomic E-state index is 0.541. The lowest BCUT2D eigenvalue weighted by Gasteiger charge is -2.28. The minimum Gasteiger partial charge on any atom is -0.432 e. The number of likely N-dealkylation sites (N-methyl/N-ethyl adjacent to an activating group) is 1. The van der Waals surface area contributed by atoms with E-state index in [0.717, 1.165) is 12.2 Å². The second kappa shape index (κ2) is 4.00. The Hall–Kier alpha value is -1.03. The van der Waals surface area contributed by atoms with Gasteiger partial charge in [0.2, 0.25) is 0 Å². The molecule has 1 aromatic heterocycles. The van der Waals surface area contributed by atoms with E-state index in [0.29, 0.717) is 11.9 Å². The van der Waals surface area contributed by atoms with Gasteiger partial charge in [-0.05, 0) is 26.4 Å². The largest absolute Gasteiger partial charge is 0.432 e. The van der Waals surface area contributed by atoms with Crippen LogP contribution in [0.2, 0.25) is 0 Å². The summed E-state index contributed by atoms with van der Waals surface area (Å²) in [7, 11) is 3.98. The summed E-state index contributed by atoms with van der Waals surface area (Å²) in [5, 5.41) is 2.91. The van der Waals surface area contributed by atoms with Crippen molar-refractivity contribution in [2.45, 2.75) is 18.8 Å². The highest BCUT2D eigenvalue weighted by atomic mass is 16.4. The van der Waals surface area contributed by atoms with E-state index in [4.69, 9.17) is 4.42 Å². The smallest absolute Gasteiger partial charge is 0.294 e. The van der Waals surface area contributed by atoms with Crippen molar-refractivity contribution in [3.05, 3.63) is 12.0 Å². The molecule has 4 nitrogen and oxygen atoms in total. The molecule has 0 aromatic carbocycles. The Bertz CT molecular complexity index is 297. The Morgan fingerprint density at radius 1 is 1.64 bits per heavy atom. The fraction of sp³-hybridized carbons (Fsp3) is 0.700. The molecule has 4 heteroatoms. The van der Waals surface area contributed by atoms with Crippen molar-refractivity contribution < 1.29 is 4.42 Å². The summed E-state index contributed by atoms with van der Waals surface area (Å²) in [5.74, 6) is 0.541. The van der Waals surface area contributed by atoms with Crippen LogP contribution in [0.1, 0.15) is 24.5 Å². The Morgan fingerprint density at radius 2 is 2.50 bits per heavy atom. The molecule has 1 aliphatic rings. The van der Waals surface area contributed by atoms with Gasteiger partial charge in [-0.25, -0.2) is 0 Å². The Morgan fingerprint density at radius 3 is 3.14 bits per heavy atom. The first-order valence-electron chi connectivity index (χ1n) is 5.11. The number of likely N-dealkylation sites (tertiary alicyclic amines) is 1. The lowest BCUT2D eigenvalue weighted by Crippen LogP contribution is -2.30. The first-order chi connectivity index (χ1) is 6.79. The molecule has 1 aromatic rings. The van der Waals surface area contributed by atoms with Gasteiger partial charge in [0.05, 0.1) is 5.69 Å². The van der Waals surface area contributed by atoms with Crippen molar-refractivity contribution in [1.29, 1.82) is 0 Å². The molecule has 0 amide bonds. The van der Waals surface area contributed by atoms with Gasteiger partial charge in [-0.1, -0.05) is 0 Å². The van der Waals surface area contributed by atoms with Crippen molar-refractivity contribution in [2.24, 2.45) is 0 Å². The number of oxazole rings is 1. The molecule has 78 valence electrons. The van der Waals surface area contributed by atoms with E-state index in [-0.39, 0.29) is 0 Å². The van der Waals surface area contributed by atoms with Crippen molar-refractivity contribution >= 4 is 6.01 Å². The molecule has 2 heterocycles. The summed E-state index contributed by atoms with van der Waals surface area (Å²) in [6.45, 7) is 2.29. The Kier molecular flexibility index (Phi) is 2.72. The molecular formula is C10H17N3O. The maximum atomic E-state index is 5.26. The van der Waals surface area contributed by atoms with Crippen molar-refractivity contribution in [3.8, 4) is 0 Å².